The highest BCUT2D eigenvalue weighted by Crippen LogP contribution is 2.24. The van der Waals surface area contributed by atoms with Gasteiger partial charge in [0.15, 0.2) is 0 Å². The predicted molar refractivity (Wildman–Crippen MR) is 157 cm³/mol. The molecular weight excluding hydrogens is 504 g/mol. The van der Waals surface area contributed by atoms with E-state index in [-0.39, 0.29) is 12.1 Å². The predicted octanol–water partition coefficient (Wildman–Crippen LogP) is 7.38. The highest BCUT2D eigenvalue weighted by Gasteiger charge is 2.15. The van der Waals surface area contributed by atoms with Crippen molar-refractivity contribution < 1.29 is 28.5 Å². The largest absolute Gasteiger partial charge is 0.493 e. The van der Waals surface area contributed by atoms with E-state index < -0.39 is 5.97 Å². The highest BCUT2D eigenvalue weighted by atomic mass is 16.5. The lowest BCUT2D eigenvalue weighted by Gasteiger charge is -2.20. The van der Waals surface area contributed by atoms with Gasteiger partial charge in [-0.3, -0.25) is 4.79 Å². The molecule has 6 nitrogen and oxygen atoms in total. The number of para-hydroxylation sites is 1. The number of carbonyl (C=O) groups is 2. The molecule has 0 saturated carbocycles. The Labute approximate surface area is 238 Å². The first-order valence-electron chi connectivity index (χ1n) is 14.3. The summed E-state index contributed by atoms with van der Waals surface area (Å²) in [6, 6.07) is 25.8. The van der Waals surface area contributed by atoms with Crippen LogP contribution in [0, 0.1) is 0 Å². The molecule has 1 unspecified atom stereocenters. The summed E-state index contributed by atoms with van der Waals surface area (Å²) in [6.07, 6.45) is 8.62. The SMILES string of the molecule is COC(=O)CCCCC(CCc1ccccc1OCCCCCc1ccccc1)Oc1cccc(C(=O)OC)c1. The lowest BCUT2D eigenvalue weighted by molar-refractivity contribution is -0.140. The molecule has 0 aromatic heterocycles. The van der Waals surface area contributed by atoms with Crippen molar-refractivity contribution in [1.82, 2.24) is 0 Å². The van der Waals surface area contributed by atoms with E-state index >= 15 is 0 Å². The van der Waals surface area contributed by atoms with Gasteiger partial charge in [-0.2, -0.15) is 0 Å². The van der Waals surface area contributed by atoms with Crippen molar-refractivity contribution >= 4 is 11.9 Å². The number of methoxy groups -OCH3 is 2. The molecule has 3 aromatic carbocycles. The molecule has 6 heteroatoms. The summed E-state index contributed by atoms with van der Waals surface area (Å²) in [6.45, 7) is 0.694. The zero-order valence-electron chi connectivity index (χ0n) is 23.8. The Kier molecular flexibility index (Phi) is 13.6. The Hall–Kier alpha value is -3.80. The normalized spacial score (nSPS) is 11.4. The van der Waals surface area contributed by atoms with Gasteiger partial charge in [0, 0.05) is 6.42 Å². The average molecular weight is 547 g/mol. The van der Waals surface area contributed by atoms with Gasteiger partial charge in [-0.15, -0.1) is 0 Å². The van der Waals surface area contributed by atoms with Gasteiger partial charge in [0.2, 0.25) is 0 Å². The van der Waals surface area contributed by atoms with Gasteiger partial charge in [-0.1, -0.05) is 54.6 Å². The highest BCUT2D eigenvalue weighted by molar-refractivity contribution is 5.89. The minimum atomic E-state index is -0.397. The van der Waals surface area contributed by atoms with Gasteiger partial charge in [-0.05, 0) is 93.2 Å². The molecule has 0 spiro atoms. The van der Waals surface area contributed by atoms with E-state index in [1.54, 1.807) is 18.2 Å². The smallest absolute Gasteiger partial charge is 0.337 e. The first kappa shape index (κ1) is 30.7. The fourth-order valence-electron chi connectivity index (χ4n) is 4.61. The number of carbonyl (C=O) groups excluding carboxylic acids is 2. The molecule has 0 N–H and O–H groups in total. The van der Waals surface area contributed by atoms with E-state index in [9.17, 15) is 9.59 Å². The molecule has 0 radical (unpaired) electrons. The first-order valence-corrected chi connectivity index (χ1v) is 14.3. The Morgan fingerprint density at radius 2 is 1.52 bits per heavy atom. The zero-order chi connectivity index (χ0) is 28.4. The number of esters is 2. The summed E-state index contributed by atoms with van der Waals surface area (Å²) in [5.74, 6) is 0.948. The third kappa shape index (κ3) is 11.1. The van der Waals surface area contributed by atoms with Gasteiger partial charge in [0.05, 0.1) is 32.5 Å². The maximum Gasteiger partial charge on any atom is 0.337 e. The molecule has 0 heterocycles. The summed E-state index contributed by atoms with van der Waals surface area (Å²) in [7, 11) is 2.77. The van der Waals surface area contributed by atoms with Gasteiger partial charge in [-0.25, -0.2) is 4.79 Å². The molecule has 0 saturated heterocycles. The molecule has 1 atom stereocenters. The zero-order valence-corrected chi connectivity index (χ0v) is 23.8. The Balaban J connectivity index is 1.53. The summed E-state index contributed by atoms with van der Waals surface area (Å²) in [5.41, 5.74) is 2.98. The van der Waals surface area contributed by atoms with Crippen LogP contribution in [0.3, 0.4) is 0 Å². The molecule has 40 heavy (non-hydrogen) atoms. The fourth-order valence-corrected chi connectivity index (χ4v) is 4.61. The van der Waals surface area contributed by atoms with Gasteiger partial charge in [0.25, 0.3) is 0 Å². The number of benzene rings is 3. The Morgan fingerprint density at radius 1 is 0.725 bits per heavy atom. The van der Waals surface area contributed by atoms with E-state index in [0.717, 1.165) is 69.1 Å². The van der Waals surface area contributed by atoms with E-state index in [0.29, 0.717) is 24.3 Å². The van der Waals surface area contributed by atoms with Crippen LogP contribution in [0.15, 0.2) is 78.9 Å². The third-order valence-electron chi connectivity index (χ3n) is 6.86. The molecule has 0 aliphatic rings. The summed E-state index contributed by atoms with van der Waals surface area (Å²) in [4.78, 5) is 23.5. The summed E-state index contributed by atoms with van der Waals surface area (Å²) < 4.78 is 22.1. The molecular formula is C34H42O6. The lowest BCUT2D eigenvalue weighted by Crippen LogP contribution is -2.18. The van der Waals surface area contributed by atoms with Crippen LogP contribution in [0.1, 0.15) is 72.9 Å². The number of aryl methyl sites for hydroxylation is 2. The molecule has 3 aromatic rings. The second-order valence-corrected chi connectivity index (χ2v) is 9.87. The average Bonchev–Trinajstić information content (AvgIpc) is 3.00. The lowest BCUT2D eigenvalue weighted by atomic mass is 10.0. The minimum absolute atomic E-state index is 0.0865. The van der Waals surface area contributed by atoms with Crippen molar-refractivity contribution in [3.63, 3.8) is 0 Å². The first-order chi connectivity index (χ1) is 19.6. The van der Waals surface area contributed by atoms with Crippen molar-refractivity contribution in [1.29, 1.82) is 0 Å². The molecule has 3 rings (SSSR count). The van der Waals surface area contributed by atoms with Crippen LogP contribution in [-0.4, -0.2) is 38.9 Å². The Bertz CT molecular complexity index is 1160. The van der Waals surface area contributed by atoms with Crippen LogP contribution < -0.4 is 9.47 Å². The van der Waals surface area contributed by atoms with Gasteiger partial charge >= 0.3 is 11.9 Å². The van der Waals surface area contributed by atoms with E-state index in [1.807, 2.05) is 24.3 Å². The molecule has 0 aliphatic heterocycles. The van der Waals surface area contributed by atoms with Crippen molar-refractivity contribution in [2.75, 3.05) is 20.8 Å². The number of unbranched alkanes of at least 4 members (excludes halogenated alkanes) is 3. The molecule has 0 fully saturated rings. The van der Waals surface area contributed by atoms with Crippen LogP contribution in [0.4, 0.5) is 0 Å². The maximum atomic E-state index is 12.0. The summed E-state index contributed by atoms with van der Waals surface area (Å²) in [5, 5.41) is 0. The number of ether oxygens (including phenoxy) is 4. The van der Waals surface area contributed by atoms with Gasteiger partial charge < -0.3 is 18.9 Å². The topological polar surface area (TPSA) is 71.1 Å². The number of hydrogen-bond donors (Lipinski definition) is 0. The van der Waals surface area contributed by atoms with Crippen LogP contribution in [0.2, 0.25) is 0 Å². The molecule has 0 amide bonds. The Morgan fingerprint density at radius 3 is 2.33 bits per heavy atom. The monoisotopic (exact) mass is 546 g/mol. The van der Waals surface area contributed by atoms with Crippen molar-refractivity contribution in [3.05, 3.63) is 95.6 Å². The van der Waals surface area contributed by atoms with E-state index in [1.165, 1.54) is 19.8 Å². The van der Waals surface area contributed by atoms with E-state index in [4.69, 9.17) is 18.9 Å². The standard InChI is InChI=1S/C34H42O6/c1-37-33(35)22-11-9-19-30(40-31-20-13-18-29(26-31)34(36)38-2)24-23-28-17-8-10-21-32(28)39-25-12-4-7-16-27-14-5-3-6-15-27/h3,5-6,8,10,13-15,17-18,20-21,26,30H,4,7,9,11-12,16,19,22-25H2,1-2H3. The maximum absolute atomic E-state index is 12.0. The molecule has 0 bridgehead atoms. The van der Waals surface area contributed by atoms with Gasteiger partial charge in [0.1, 0.15) is 11.5 Å². The number of rotatable bonds is 18. The molecule has 0 aliphatic carbocycles. The summed E-state index contributed by atoms with van der Waals surface area (Å²) >= 11 is 0. The van der Waals surface area contributed by atoms with Crippen molar-refractivity contribution in [2.45, 2.75) is 70.3 Å². The second kappa shape index (κ2) is 17.7. The third-order valence-corrected chi connectivity index (χ3v) is 6.86. The molecule has 214 valence electrons. The van der Waals surface area contributed by atoms with E-state index in [2.05, 4.69) is 36.4 Å². The van der Waals surface area contributed by atoms with Crippen LogP contribution >= 0.6 is 0 Å². The van der Waals surface area contributed by atoms with Crippen molar-refractivity contribution in [2.24, 2.45) is 0 Å². The van der Waals surface area contributed by atoms with Crippen LogP contribution in [-0.2, 0) is 27.1 Å². The fraction of sp³-hybridized carbons (Fsp3) is 0.412. The minimum Gasteiger partial charge on any atom is -0.493 e. The number of hydrogen-bond acceptors (Lipinski definition) is 6. The second-order valence-electron chi connectivity index (χ2n) is 9.87. The van der Waals surface area contributed by atoms with Crippen molar-refractivity contribution in [3.8, 4) is 11.5 Å². The quantitative estimate of drug-likeness (QED) is 0.122. The van der Waals surface area contributed by atoms with Crippen LogP contribution in [0.5, 0.6) is 11.5 Å². The van der Waals surface area contributed by atoms with Crippen LogP contribution in [0.25, 0.3) is 0 Å².